The lowest BCUT2D eigenvalue weighted by molar-refractivity contribution is 0.0954. The first-order valence-electron chi connectivity index (χ1n) is 5.03. The van der Waals surface area contributed by atoms with E-state index in [4.69, 9.17) is 10.9 Å². The Hall–Kier alpha value is -1.60. The van der Waals surface area contributed by atoms with Gasteiger partial charge in [-0.05, 0) is 18.6 Å². The number of carbonyl (C=O) groups excluding carboxylic acids is 1. The SMILES string of the molecule is Nc1ccccc1C(=O)NCCCS(N)(=O)=O. The van der Waals surface area contributed by atoms with Gasteiger partial charge in [-0.25, -0.2) is 13.6 Å². The Morgan fingerprint density at radius 3 is 2.53 bits per heavy atom. The number of carbonyl (C=O) groups is 1. The summed E-state index contributed by atoms with van der Waals surface area (Å²) in [6, 6.07) is 6.66. The van der Waals surface area contributed by atoms with Crippen molar-refractivity contribution >= 4 is 21.6 Å². The second-order valence-electron chi connectivity index (χ2n) is 3.56. The fraction of sp³-hybridized carbons (Fsp3) is 0.300. The van der Waals surface area contributed by atoms with E-state index in [1.165, 1.54) is 0 Å². The zero-order valence-electron chi connectivity index (χ0n) is 9.22. The number of amides is 1. The average Bonchev–Trinajstić information content (AvgIpc) is 2.23. The predicted molar refractivity (Wildman–Crippen MR) is 65.8 cm³/mol. The number of anilines is 1. The molecule has 0 saturated carbocycles. The standard InChI is InChI=1S/C10H15N3O3S/c11-9-5-2-1-4-8(9)10(14)13-6-3-7-17(12,15)16/h1-2,4-5H,3,6-7,11H2,(H,13,14)(H2,12,15,16). The van der Waals surface area contributed by atoms with Crippen LogP contribution in [0.15, 0.2) is 24.3 Å². The Bertz CT molecular complexity index is 499. The summed E-state index contributed by atoms with van der Waals surface area (Å²) < 4.78 is 21.3. The number of hydrogen-bond acceptors (Lipinski definition) is 4. The molecular formula is C10H15N3O3S. The number of nitrogens with one attached hydrogen (secondary N) is 1. The van der Waals surface area contributed by atoms with Crippen LogP contribution >= 0.6 is 0 Å². The highest BCUT2D eigenvalue weighted by Gasteiger charge is 2.08. The molecular weight excluding hydrogens is 242 g/mol. The number of hydrogen-bond donors (Lipinski definition) is 3. The first-order chi connectivity index (χ1) is 7.90. The van der Waals surface area contributed by atoms with Gasteiger partial charge in [0, 0.05) is 12.2 Å². The second kappa shape index (κ2) is 5.65. The molecule has 0 bridgehead atoms. The van der Waals surface area contributed by atoms with Crippen LogP contribution < -0.4 is 16.2 Å². The lowest BCUT2D eigenvalue weighted by Gasteiger charge is -2.06. The summed E-state index contributed by atoms with van der Waals surface area (Å²) in [7, 11) is -3.47. The maximum absolute atomic E-state index is 11.6. The van der Waals surface area contributed by atoms with Crippen LogP contribution in [-0.4, -0.2) is 26.6 Å². The molecule has 0 atom stereocenters. The van der Waals surface area contributed by atoms with E-state index >= 15 is 0 Å². The van der Waals surface area contributed by atoms with Crippen molar-refractivity contribution in [1.82, 2.24) is 5.32 Å². The van der Waals surface area contributed by atoms with Crippen molar-refractivity contribution in [2.75, 3.05) is 18.0 Å². The highest BCUT2D eigenvalue weighted by molar-refractivity contribution is 7.89. The number of benzene rings is 1. The van der Waals surface area contributed by atoms with Crippen LogP contribution in [0.5, 0.6) is 0 Å². The fourth-order valence-electron chi connectivity index (χ4n) is 1.27. The van der Waals surface area contributed by atoms with Crippen LogP contribution in [0, 0.1) is 0 Å². The molecule has 5 N–H and O–H groups in total. The van der Waals surface area contributed by atoms with Gasteiger partial charge in [0.1, 0.15) is 0 Å². The largest absolute Gasteiger partial charge is 0.398 e. The Labute approximate surface area is 100 Å². The van der Waals surface area contributed by atoms with Gasteiger partial charge in [-0.2, -0.15) is 0 Å². The lowest BCUT2D eigenvalue weighted by atomic mass is 10.1. The van der Waals surface area contributed by atoms with Crippen LogP contribution in [0.4, 0.5) is 5.69 Å². The smallest absolute Gasteiger partial charge is 0.253 e. The van der Waals surface area contributed by atoms with E-state index in [0.29, 0.717) is 11.3 Å². The Kier molecular flexibility index (Phi) is 4.47. The van der Waals surface area contributed by atoms with Crippen LogP contribution in [0.25, 0.3) is 0 Å². The van der Waals surface area contributed by atoms with Gasteiger partial charge >= 0.3 is 0 Å². The van der Waals surface area contributed by atoms with Gasteiger partial charge in [0.15, 0.2) is 0 Å². The zero-order chi connectivity index (χ0) is 12.9. The molecule has 0 saturated heterocycles. The second-order valence-corrected chi connectivity index (χ2v) is 5.30. The average molecular weight is 257 g/mol. The molecule has 0 aliphatic carbocycles. The summed E-state index contributed by atoms with van der Waals surface area (Å²) >= 11 is 0. The third kappa shape index (κ3) is 4.83. The molecule has 17 heavy (non-hydrogen) atoms. The quantitative estimate of drug-likeness (QED) is 0.495. The highest BCUT2D eigenvalue weighted by atomic mass is 32.2. The molecule has 6 nitrogen and oxygen atoms in total. The van der Waals surface area contributed by atoms with Gasteiger partial charge in [-0.3, -0.25) is 4.79 Å². The van der Waals surface area contributed by atoms with Gasteiger partial charge in [0.05, 0.1) is 11.3 Å². The third-order valence-electron chi connectivity index (χ3n) is 2.10. The first-order valence-corrected chi connectivity index (χ1v) is 6.75. The maximum Gasteiger partial charge on any atom is 0.253 e. The van der Waals surface area contributed by atoms with Crippen LogP contribution in [0.1, 0.15) is 16.8 Å². The maximum atomic E-state index is 11.6. The molecule has 0 spiro atoms. The number of primary sulfonamides is 1. The summed E-state index contributed by atoms with van der Waals surface area (Å²) in [5, 5.41) is 7.40. The molecule has 0 aromatic heterocycles. The molecule has 1 aromatic rings. The lowest BCUT2D eigenvalue weighted by Crippen LogP contribution is -2.27. The minimum absolute atomic E-state index is 0.155. The van der Waals surface area contributed by atoms with Crippen LogP contribution in [-0.2, 0) is 10.0 Å². The topological polar surface area (TPSA) is 115 Å². The molecule has 0 aliphatic rings. The molecule has 0 fully saturated rings. The molecule has 0 radical (unpaired) electrons. The van der Waals surface area contributed by atoms with E-state index in [-0.39, 0.29) is 24.6 Å². The molecule has 0 aliphatic heterocycles. The molecule has 1 amide bonds. The minimum Gasteiger partial charge on any atom is -0.398 e. The number of sulfonamides is 1. The number of rotatable bonds is 5. The van der Waals surface area contributed by atoms with Crippen molar-refractivity contribution in [1.29, 1.82) is 0 Å². The summed E-state index contributed by atoms with van der Waals surface area (Å²) in [4.78, 5) is 11.6. The molecule has 1 aromatic carbocycles. The predicted octanol–water partition coefficient (Wildman–Crippen LogP) is -0.323. The Morgan fingerprint density at radius 1 is 1.29 bits per heavy atom. The van der Waals surface area contributed by atoms with Crippen molar-refractivity contribution in [3.8, 4) is 0 Å². The van der Waals surface area contributed by atoms with E-state index in [1.807, 2.05) is 0 Å². The zero-order valence-corrected chi connectivity index (χ0v) is 10.0. The van der Waals surface area contributed by atoms with Crippen molar-refractivity contribution in [2.24, 2.45) is 5.14 Å². The van der Waals surface area contributed by atoms with E-state index in [0.717, 1.165) is 0 Å². The van der Waals surface area contributed by atoms with Crippen molar-refractivity contribution in [3.05, 3.63) is 29.8 Å². The van der Waals surface area contributed by atoms with Crippen LogP contribution in [0.3, 0.4) is 0 Å². The highest BCUT2D eigenvalue weighted by Crippen LogP contribution is 2.09. The molecule has 0 unspecified atom stereocenters. The van der Waals surface area contributed by atoms with E-state index in [9.17, 15) is 13.2 Å². The Balaban J connectivity index is 2.44. The van der Waals surface area contributed by atoms with E-state index in [1.54, 1.807) is 24.3 Å². The van der Waals surface area contributed by atoms with Gasteiger partial charge < -0.3 is 11.1 Å². The molecule has 1 rings (SSSR count). The summed E-state index contributed by atoms with van der Waals surface area (Å²) in [6.07, 6.45) is 0.275. The van der Waals surface area contributed by atoms with E-state index < -0.39 is 10.0 Å². The first kappa shape index (κ1) is 13.5. The normalized spacial score (nSPS) is 11.1. The number of nitrogens with two attached hydrogens (primary N) is 2. The Morgan fingerprint density at radius 2 is 1.94 bits per heavy atom. The van der Waals surface area contributed by atoms with Gasteiger partial charge in [-0.1, -0.05) is 12.1 Å². The number of para-hydroxylation sites is 1. The van der Waals surface area contributed by atoms with Crippen molar-refractivity contribution in [3.63, 3.8) is 0 Å². The van der Waals surface area contributed by atoms with Crippen LogP contribution in [0.2, 0.25) is 0 Å². The van der Waals surface area contributed by atoms with Gasteiger partial charge in [-0.15, -0.1) is 0 Å². The summed E-state index contributed by atoms with van der Waals surface area (Å²) in [5.74, 6) is -0.477. The summed E-state index contributed by atoms with van der Waals surface area (Å²) in [5.41, 5.74) is 6.38. The summed E-state index contributed by atoms with van der Waals surface area (Å²) in [6.45, 7) is 0.240. The fourth-order valence-corrected chi connectivity index (χ4v) is 1.82. The van der Waals surface area contributed by atoms with Crippen molar-refractivity contribution < 1.29 is 13.2 Å². The monoisotopic (exact) mass is 257 g/mol. The third-order valence-corrected chi connectivity index (χ3v) is 2.95. The minimum atomic E-state index is -3.47. The molecule has 7 heteroatoms. The van der Waals surface area contributed by atoms with Gasteiger partial charge in [0.25, 0.3) is 5.91 Å². The van der Waals surface area contributed by atoms with Crippen molar-refractivity contribution in [2.45, 2.75) is 6.42 Å². The number of nitrogen functional groups attached to an aromatic ring is 1. The molecule has 0 heterocycles. The van der Waals surface area contributed by atoms with E-state index in [2.05, 4.69) is 5.32 Å². The molecule has 94 valence electrons. The van der Waals surface area contributed by atoms with Gasteiger partial charge in [0.2, 0.25) is 10.0 Å².